The van der Waals surface area contributed by atoms with Gasteiger partial charge in [-0.05, 0) is 103 Å². The van der Waals surface area contributed by atoms with Crippen molar-refractivity contribution in [3.05, 3.63) is 122 Å². The fraction of sp³-hybridized carbons (Fsp3) is 0.644. The molecule has 0 aromatic rings. The van der Waals surface area contributed by atoms with Crippen LogP contribution >= 0.6 is 0 Å². The SMILES string of the molecule is CC/C=C\C/C=C\C/C=C\C/C=C\C/C=C\C/C=C\CCCCCCCCCOCC(COC1OC(CO)C(O)C(OS(=O)(=O)O)C1O)OC(=O)CCCCCCCC/C=C\C/C=C\C/C=C\C/C=C\CC. The molecule has 1 rings (SSSR count). The molecule has 1 aliphatic heterocycles. The van der Waals surface area contributed by atoms with Gasteiger partial charge in [0.05, 0.1) is 19.8 Å². The van der Waals surface area contributed by atoms with E-state index in [0.717, 1.165) is 135 Å². The summed E-state index contributed by atoms with van der Waals surface area (Å²) in [6.07, 6.45) is 60.8. The van der Waals surface area contributed by atoms with E-state index in [1.54, 1.807) is 0 Å². The molecule has 6 unspecified atom stereocenters. The first-order valence-electron chi connectivity index (χ1n) is 27.3. The minimum absolute atomic E-state index is 0.0133. The van der Waals surface area contributed by atoms with Crippen LogP contribution in [0.1, 0.15) is 181 Å². The van der Waals surface area contributed by atoms with Crippen LogP contribution < -0.4 is 0 Å². The van der Waals surface area contributed by atoms with E-state index in [-0.39, 0.29) is 19.6 Å². The highest BCUT2D eigenvalue weighted by atomic mass is 32.3. The van der Waals surface area contributed by atoms with Crippen molar-refractivity contribution in [2.75, 3.05) is 26.4 Å². The molecule has 0 bridgehead atoms. The van der Waals surface area contributed by atoms with Gasteiger partial charge in [0.2, 0.25) is 0 Å². The molecule has 1 aliphatic rings. The maximum Gasteiger partial charge on any atom is 0.397 e. The first kappa shape index (κ1) is 66.5. The predicted molar refractivity (Wildman–Crippen MR) is 294 cm³/mol. The molecule has 0 aromatic heterocycles. The molecular formula is C59H96O12S. The number of hydrogen-bond acceptors (Lipinski definition) is 11. The number of ether oxygens (including phenoxy) is 4. The molecule has 6 atom stereocenters. The third-order valence-electron chi connectivity index (χ3n) is 11.6. The van der Waals surface area contributed by atoms with Crippen LogP contribution in [0.2, 0.25) is 0 Å². The van der Waals surface area contributed by atoms with Crippen molar-refractivity contribution in [1.29, 1.82) is 0 Å². The Bertz CT molecular complexity index is 1710. The molecule has 0 spiro atoms. The van der Waals surface area contributed by atoms with Gasteiger partial charge >= 0.3 is 16.4 Å². The highest BCUT2D eigenvalue weighted by Gasteiger charge is 2.48. The van der Waals surface area contributed by atoms with Crippen molar-refractivity contribution in [3.8, 4) is 0 Å². The number of esters is 1. The largest absolute Gasteiger partial charge is 0.457 e. The summed E-state index contributed by atoms with van der Waals surface area (Å²) in [6.45, 7) is 3.70. The van der Waals surface area contributed by atoms with E-state index in [4.69, 9.17) is 18.9 Å². The third kappa shape index (κ3) is 40.9. The summed E-state index contributed by atoms with van der Waals surface area (Å²) in [5, 5.41) is 30.8. The molecule has 12 nitrogen and oxygen atoms in total. The molecule has 1 heterocycles. The maximum absolute atomic E-state index is 12.9. The number of unbranched alkanes of at least 4 members (excludes halogenated alkanes) is 13. The molecule has 13 heteroatoms. The van der Waals surface area contributed by atoms with Gasteiger partial charge in [-0.1, -0.05) is 193 Å². The summed E-state index contributed by atoms with van der Waals surface area (Å²) < 4.78 is 59.3. The van der Waals surface area contributed by atoms with E-state index in [1.807, 2.05) is 0 Å². The molecule has 0 aromatic carbocycles. The lowest BCUT2D eigenvalue weighted by molar-refractivity contribution is -0.301. The normalized spacial score (nSPS) is 19.9. The highest BCUT2D eigenvalue weighted by Crippen LogP contribution is 2.26. The molecule has 1 saturated heterocycles. The van der Waals surface area contributed by atoms with Gasteiger partial charge in [-0.2, -0.15) is 8.42 Å². The molecule has 0 amide bonds. The van der Waals surface area contributed by atoms with Crippen molar-refractivity contribution in [2.24, 2.45) is 0 Å². The fourth-order valence-electron chi connectivity index (χ4n) is 7.55. The van der Waals surface area contributed by atoms with Gasteiger partial charge < -0.3 is 34.3 Å². The summed E-state index contributed by atoms with van der Waals surface area (Å²) >= 11 is 0. The van der Waals surface area contributed by atoms with Gasteiger partial charge in [-0.15, -0.1) is 0 Å². The number of rotatable bonds is 46. The van der Waals surface area contributed by atoms with E-state index in [9.17, 15) is 33.1 Å². The molecule has 0 saturated carbocycles. The van der Waals surface area contributed by atoms with Crippen LogP contribution in [0.4, 0.5) is 0 Å². The Balaban J connectivity index is 2.36. The molecule has 4 N–H and O–H groups in total. The second-order valence-corrected chi connectivity index (χ2v) is 19.1. The monoisotopic (exact) mass is 1030 g/mol. The first-order valence-corrected chi connectivity index (χ1v) is 28.7. The van der Waals surface area contributed by atoms with Gasteiger partial charge in [0.15, 0.2) is 6.29 Å². The predicted octanol–water partition coefficient (Wildman–Crippen LogP) is 13.3. The summed E-state index contributed by atoms with van der Waals surface area (Å²) in [7, 11) is -5.08. The molecule has 0 radical (unpaired) electrons. The van der Waals surface area contributed by atoms with Crippen molar-refractivity contribution in [1.82, 2.24) is 0 Å². The minimum atomic E-state index is -5.08. The number of aliphatic hydroxyl groups is 3. The van der Waals surface area contributed by atoms with Crippen molar-refractivity contribution < 1.29 is 56.2 Å². The van der Waals surface area contributed by atoms with Crippen molar-refractivity contribution in [3.63, 3.8) is 0 Å². The number of carbonyl (C=O) groups is 1. The number of allylic oxidation sites excluding steroid dienone is 20. The number of aliphatic hydroxyl groups excluding tert-OH is 3. The van der Waals surface area contributed by atoms with E-state index in [0.29, 0.717) is 13.0 Å². The van der Waals surface area contributed by atoms with Crippen LogP contribution in [-0.4, -0.2) is 97.5 Å². The van der Waals surface area contributed by atoms with Crippen molar-refractivity contribution >= 4 is 16.4 Å². The third-order valence-corrected chi connectivity index (χ3v) is 12.0. The zero-order valence-corrected chi connectivity index (χ0v) is 45.0. The van der Waals surface area contributed by atoms with Gasteiger partial charge in [0.1, 0.15) is 30.5 Å². The topological polar surface area (TPSA) is 178 Å². The molecular weight excluding hydrogens is 933 g/mol. The standard InChI is InChI=1S/C59H96O12S/c1-3-5-7-9-11-13-15-17-19-21-23-24-25-26-27-28-29-31-33-35-37-39-41-43-45-47-49-67-51-53(52-68-59-57(63)58(71-72(64,65)66)56(62)54(50-60)70-59)69-55(61)48-46-44-42-40-38-36-34-32-30-22-20-18-16-14-12-10-8-6-4-2/h5-8,11-14,17-20,23-24,26-27,29-32,53-54,56-60,62-63H,3-4,9-10,15-16,21-22,25,28,33-52H2,1-2H3,(H,64,65,66)/b7-5-,8-6-,13-11-,14-12-,19-17-,20-18-,24-23-,27-26-,31-29-,32-30-. The average Bonchev–Trinajstić information content (AvgIpc) is 3.36. The Morgan fingerprint density at radius 2 is 0.917 bits per heavy atom. The summed E-state index contributed by atoms with van der Waals surface area (Å²) in [4.78, 5) is 12.9. The summed E-state index contributed by atoms with van der Waals surface area (Å²) in [5.41, 5.74) is 0. The Kier molecular flexibility index (Phi) is 44.7. The average molecular weight is 1030 g/mol. The van der Waals surface area contributed by atoms with Crippen molar-refractivity contribution in [2.45, 2.75) is 218 Å². The van der Waals surface area contributed by atoms with Crippen LogP contribution in [0.5, 0.6) is 0 Å². The van der Waals surface area contributed by atoms with Crippen LogP contribution in [0, 0.1) is 0 Å². The highest BCUT2D eigenvalue weighted by molar-refractivity contribution is 7.80. The fourth-order valence-corrected chi connectivity index (χ4v) is 8.06. The van der Waals surface area contributed by atoms with Crippen LogP contribution in [0.3, 0.4) is 0 Å². The first-order chi connectivity index (χ1) is 35.1. The maximum atomic E-state index is 12.9. The second kappa shape index (κ2) is 48.4. The van der Waals surface area contributed by atoms with Gasteiger partial charge in [0, 0.05) is 13.0 Å². The Morgan fingerprint density at radius 3 is 1.33 bits per heavy atom. The second-order valence-electron chi connectivity index (χ2n) is 18.1. The Hall–Kier alpha value is -3.50. The van der Waals surface area contributed by atoms with E-state index >= 15 is 0 Å². The smallest absolute Gasteiger partial charge is 0.397 e. The van der Waals surface area contributed by atoms with E-state index < -0.39 is 59.8 Å². The zero-order valence-electron chi connectivity index (χ0n) is 44.2. The minimum Gasteiger partial charge on any atom is -0.457 e. The zero-order chi connectivity index (χ0) is 52.4. The van der Waals surface area contributed by atoms with E-state index in [2.05, 4.69) is 140 Å². The Labute approximate surface area is 436 Å². The Morgan fingerprint density at radius 1 is 0.528 bits per heavy atom. The number of hydrogen-bond donors (Lipinski definition) is 4. The lowest BCUT2D eigenvalue weighted by Crippen LogP contribution is -2.60. The van der Waals surface area contributed by atoms with Gasteiger partial charge in [-0.3, -0.25) is 9.35 Å². The van der Waals surface area contributed by atoms with E-state index in [1.165, 1.54) is 19.3 Å². The summed E-state index contributed by atoms with van der Waals surface area (Å²) in [5.74, 6) is -0.422. The molecule has 0 aliphatic carbocycles. The van der Waals surface area contributed by atoms with Crippen LogP contribution in [0.15, 0.2) is 122 Å². The van der Waals surface area contributed by atoms with Gasteiger partial charge in [0.25, 0.3) is 0 Å². The molecule has 410 valence electrons. The number of carbonyl (C=O) groups excluding carboxylic acids is 1. The summed E-state index contributed by atoms with van der Waals surface area (Å²) in [6, 6.07) is 0. The van der Waals surface area contributed by atoms with Crippen LogP contribution in [-0.2, 0) is 38.3 Å². The van der Waals surface area contributed by atoms with Gasteiger partial charge in [-0.25, -0.2) is 4.18 Å². The lowest BCUT2D eigenvalue weighted by Gasteiger charge is -2.41. The quantitative estimate of drug-likeness (QED) is 0.0197. The molecule has 1 fully saturated rings. The molecule has 72 heavy (non-hydrogen) atoms. The lowest BCUT2D eigenvalue weighted by atomic mass is 9.99. The van der Waals surface area contributed by atoms with Crippen LogP contribution in [0.25, 0.3) is 0 Å².